The van der Waals surface area contributed by atoms with Crippen LogP contribution in [0.5, 0.6) is 11.5 Å². The molecule has 6 nitrogen and oxygen atoms in total. The molecule has 2 bridgehead atoms. The summed E-state index contributed by atoms with van der Waals surface area (Å²) in [6.45, 7) is 1.47. The predicted octanol–water partition coefficient (Wildman–Crippen LogP) is 5.33. The predicted molar refractivity (Wildman–Crippen MR) is 144 cm³/mol. The zero-order valence-corrected chi connectivity index (χ0v) is 21.4. The van der Waals surface area contributed by atoms with Crippen LogP contribution in [0.15, 0.2) is 90.5 Å². The first-order valence-corrected chi connectivity index (χ1v) is 12.6. The van der Waals surface area contributed by atoms with E-state index in [1.54, 1.807) is 38.5 Å². The van der Waals surface area contributed by atoms with Gasteiger partial charge in [-0.2, -0.15) is 0 Å². The average molecular weight is 506 g/mol. The molecule has 0 N–H and O–H groups in total. The van der Waals surface area contributed by atoms with Gasteiger partial charge in [-0.05, 0) is 65.6 Å². The maximum absolute atomic E-state index is 13.8. The number of carbonyl (C=O) groups excluding carboxylic acids is 3. The van der Waals surface area contributed by atoms with E-state index in [4.69, 9.17) is 9.47 Å². The van der Waals surface area contributed by atoms with Crippen molar-refractivity contribution in [1.82, 2.24) is 0 Å². The highest BCUT2D eigenvalue weighted by Gasteiger charge is 2.62. The van der Waals surface area contributed by atoms with Crippen molar-refractivity contribution in [3.63, 3.8) is 0 Å². The third kappa shape index (κ3) is 3.59. The smallest absolute Gasteiger partial charge is 0.238 e. The molecule has 190 valence electrons. The molecule has 2 aliphatic carbocycles. The Morgan fingerprint density at radius 3 is 1.66 bits per heavy atom. The molecule has 6 heteroatoms. The number of hydrogen-bond donors (Lipinski definition) is 0. The van der Waals surface area contributed by atoms with Crippen LogP contribution in [0.25, 0.3) is 5.57 Å². The Balaban J connectivity index is 1.46. The molecule has 0 aromatic heterocycles. The quantitative estimate of drug-likeness (QED) is 0.257. The molecule has 4 atom stereocenters. The van der Waals surface area contributed by atoms with Gasteiger partial charge in [0.25, 0.3) is 0 Å². The van der Waals surface area contributed by atoms with Crippen LogP contribution in [0.2, 0.25) is 0 Å². The summed E-state index contributed by atoms with van der Waals surface area (Å²) in [6.07, 6.45) is 4.16. The van der Waals surface area contributed by atoms with Crippen molar-refractivity contribution >= 4 is 28.9 Å². The van der Waals surface area contributed by atoms with Gasteiger partial charge < -0.3 is 9.47 Å². The fraction of sp³-hybridized carbons (Fsp3) is 0.219. The third-order valence-electron chi connectivity index (χ3n) is 7.97. The number of fused-ring (bicyclic) bond motifs is 5. The first-order valence-electron chi connectivity index (χ1n) is 12.6. The van der Waals surface area contributed by atoms with E-state index in [9.17, 15) is 14.4 Å². The lowest BCUT2D eigenvalue weighted by Gasteiger charge is -2.22. The molecular weight excluding hydrogens is 478 g/mol. The van der Waals surface area contributed by atoms with Gasteiger partial charge in [-0.15, -0.1) is 0 Å². The van der Waals surface area contributed by atoms with Gasteiger partial charge >= 0.3 is 0 Å². The van der Waals surface area contributed by atoms with Crippen LogP contribution in [-0.4, -0.2) is 31.8 Å². The number of ketones is 1. The van der Waals surface area contributed by atoms with Crippen LogP contribution in [-0.2, 0) is 9.59 Å². The number of benzene rings is 3. The Bertz CT molecular complexity index is 1430. The maximum atomic E-state index is 13.8. The molecule has 0 unspecified atom stereocenters. The van der Waals surface area contributed by atoms with Crippen molar-refractivity contribution in [2.75, 3.05) is 19.1 Å². The van der Waals surface area contributed by atoms with Gasteiger partial charge in [0, 0.05) is 17.4 Å². The van der Waals surface area contributed by atoms with Crippen LogP contribution >= 0.6 is 0 Å². The van der Waals surface area contributed by atoms with Crippen molar-refractivity contribution in [2.24, 2.45) is 23.7 Å². The molecule has 38 heavy (non-hydrogen) atoms. The number of methoxy groups -OCH3 is 2. The summed E-state index contributed by atoms with van der Waals surface area (Å²) >= 11 is 0. The van der Waals surface area contributed by atoms with Gasteiger partial charge in [0.2, 0.25) is 11.8 Å². The highest BCUT2D eigenvalue weighted by molar-refractivity contribution is 6.23. The van der Waals surface area contributed by atoms with E-state index in [1.807, 2.05) is 48.5 Å². The van der Waals surface area contributed by atoms with E-state index in [2.05, 4.69) is 12.2 Å². The van der Waals surface area contributed by atoms with Crippen molar-refractivity contribution in [3.05, 3.63) is 107 Å². The summed E-state index contributed by atoms with van der Waals surface area (Å²) < 4.78 is 10.7. The van der Waals surface area contributed by atoms with Gasteiger partial charge in [0.1, 0.15) is 11.5 Å². The van der Waals surface area contributed by atoms with Crippen molar-refractivity contribution in [1.29, 1.82) is 0 Å². The number of Topliss-reactive ketones (excluding diaryl/α,β-unsaturated/α-hetero) is 1. The van der Waals surface area contributed by atoms with E-state index >= 15 is 0 Å². The summed E-state index contributed by atoms with van der Waals surface area (Å²) in [7, 11) is 3.27. The molecule has 1 aliphatic heterocycles. The average Bonchev–Trinajstić information content (AvgIpc) is 3.58. The number of carbonyl (C=O) groups is 3. The van der Waals surface area contributed by atoms with Gasteiger partial charge in [0.05, 0.1) is 31.7 Å². The summed E-state index contributed by atoms with van der Waals surface area (Å²) in [4.78, 5) is 40.8. The monoisotopic (exact) mass is 505 g/mol. The van der Waals surface area contributed by atoms with Gasteiger partial charge in [-0.25, -0.2) is 4.90 Å². The largest absolute Gasteiger partial charge is 0.497 e. The van der Waals surface area contributed by atoms with E-state index in [-0.39, 0.29) is 29.4 Å². The first-order chi connectivity index (χ1) is 18.4. The van der Waals surface area contributed by atoms with E-state index < -0.39 is 11.8 Å². The van der Waals surface area contributed by atoms with Gasteiger partial charge in [0.15, 0.2) is 5.78 Å². The van der Waals surface area contributed by atoms with Crippen LogP contribution in [0.3, 0.4) is 0 Å². The molecule has 1 heterocycles. The van der Waals surface area contributed by atoms with Crippen LogP contribution in [0, 0.1) is 23.7 Å². The standard InChI is InChI=1S/C32H27NO5/c1-18(34)21-5-4-6-22(17-21)33-31(35)29-25-15-16-26(30(29)32(33)36)28(25)27(19-7-11-23(37-2)12-8-19)20-9-13-24(38-3)14-10-20/h4-17,25-26,29-30H,1-3H3/t25-,26-,29-,30+/m1/s1. The Hall–Kier alpha value is -4.45. The molecule has 0 radical (unpaired) electrons. The zero-order valence-electron chi connectivity index (χ0n) is 21.4. The molecular formula is C32H27NO5. The SMILES string of the molecule is COc1ccc(C(=C2[C@H]3C=C[C@H]2[C@H]2C(=O)N(c4cccc(C(C)=O)c4)C(=O)[C@H]23)c2ccc(OC)cc2)cc1. The van der Waals surface area contributed by atoms with Crippen LogP contribution in [0.4, 0.5) is 5.69 Å². The lowest BCUT2D eigenvalue weighted by Crippen LogP contribution is -2.33. The fourth-order valence-electron chi connectivity index (χ4n) is 6.23. The fourth-order valence-corrected chi connectivity index (χ4v) is 6.23. The molecule has 3 aliphatic rings. The Kier molecular flexibility index (Phi) is 5.75. The number of anilines is 1. The minimum absolute atomic E-state index is 0.110. The summed E-state index contributed by atoms with van der Waals surface area (Å²) in [5, 5.41) is 0. The molecule has 2 amide bonds. The Morgan fingerprint density at radius 1 is 0.711 bits per heavy atom. The van der Waals surface area contributed by atoms with Gasteiger partial charge in [-0.3, -0.25) is 14.4 Å². The number of ether oxygens (including phenoxy) is 2. The molecule has 0 spiro atoms. The topological polar surface area (TPSA) is 72.9 Å². The molecule has 1 saturated carbocycles. The molecule has 3 aromatic carbocycles. The number of amides is 2. The number of rotatable bonds is 6. The number of hydrogen-bond acceptors (Lipinski definition) is 5. The third-order valence-corrected chi connectivity index (χ3v) is 7.97. The minimum atomic E-state index is -0.472. The van der Waals surface area contributed by atoms with E-state index in [0.29, 0.717) is 11.3 Å². The molecule has 1 saturated heterocycles. The Morgan fingerprint density at radius 2 is 1.21 bits per heavy atom. The highest BCUT2D eigenvalue weighted by Crippen LogP contribution is 2.59. The maximum Gasteiger partial charge on any atom is 0.238 e. The Labute approximate surface area is 221 Å². The second-order valence-corrected chi connectivity index (χ2v) is 9.89. The lowest BCUT2D eigenvalue weighted by atomic mass is 9.85. The number of allylic oxidation sites excluding steroid dienone is 3. The first kappa shape index (κ1) is 23.9. The lowest BCUT2D eigenvalue weighted by molar-refractivity contribution is -0.122. The molecule has 2 fully saturated rings. The van der Waals surface area contributed by atoms with E-state index in [0.717, 1.165) is 33.8 Å². The molecule has 3 aromatic rings. The summed E-state index contributed by atoms with van der Waals surface area (Å²) in [5.74, 6) is -0.347. The van der Waals surface area contributed by atoms with E-state index in [1.165, 1.54) is 11.8 Å². The van der Waals surface area contributed by atoms with Crippen molar-refractivity contribution < 1.29 is 23.9 Å². The second-order valence-electron chi connectivity index (χ2n) is 9.89. The second kappa shape index (κ2) is 9.14. The van der Waals surface area contributed by atoms with Crippen molar-refractivity contribution in [3.8, 4) is 11.5 Å². The van der Waals surface area contributed by atoms with Crippen LogP contribution < -0.4 is 14.4 Å². The number of nitrogens with zero attached hydrogens (tertiary/aromatic N) is 1. The van der Waals surface area contributed by atoms with Crippen molar-refractivity contribution in [2.45, 2.75) is 6.92 Å². The minimum Gasteiger partial charge on any atom is -0.497 e. The highest BCUT2D eigenvalue weighted by atomic mass is 16.5. The summed E-state index contributed by atoms with van der Waals surface area (Å²) in [6, 6.07) is 22.5. The van der Waals surface area contributed by atoms with Gasteiger partial charge in [-0.1, -0.05) is 48.6 Å². The molecule has 6 rings (SSSR count). The zero-order chi connectivity index (χ0) is 26.6. The number of imide groups is 1. The van der Waals surface area contributed by atoms with Crippen LogP contribution in [0.1, 0.15) is 28.4 Å². The normalized spacial score (nSPS) is 23.1. The summed E-state index contributed by atoms with van der Waals surface area (Å²) in [5.41, 5.74) is 5.04.